The molecule has 2 bridgehead atoms. The first-order valence-electron chi connectivity index (χ1n) is 8.94. The molecule has 0 radical (unpaired) electrons. The minimum atomic E-state index is -0.510. The van der Waals surface area contributed by atoms with E-state index in [0.29, 0.717) is 24.0 Å². The van der Waals surface area contributed by atoms with Crippen molar-refractivity contribution in [1.82, 2.24) is 0 Å². The van der Waals surface area contributed by atoms with Gasteiger partial charge in [0.25, 0.3) is 0 Å². The van der Waals surface area contributed by atoms with Gasteiger partial charge >= 0.3 is 6.09 Å². The number of fused-ring (bicyclic) bond motifs is 4. The Balaban J connectivity index is 1.46. The van der Waals surface area contributed by atoms with Crippen LogP contribution in [-0.4, -0.2) is 19.0 Å². The van der Waals surface area contributed by atoms with E-state index in [9.17, 15) is 4.79 Å². The van der Waals surface area contributed by atoms with E-state index in [1.807, 2.05) is 36.4 Å². The number of rotatable bonds is 3. The van der Waals surface area contributed by atoms with E-state index in [0.717, 1.165) is 17.7 Å². The zero-order valence-corrected chi connectivity index (χ0v) is 15.2. The number of hydrogen-bond donors (Lipinski definition) is 1. The highest BCUT2D eigenvalue weighted by Crippen LogP contribution is 2.47. The first-order valence-corrected chi connectivity index (χ1v) is 8.94. The van der Waals surface area contributed by atoms with E-state index in [2.05, 4.69) is 26.1 Å². The number of nitrogens with one attached hydrogen (secondary N) is 1. The zero-order chi connectivity index (χ0) is 18.3. The highest BCUT2D eigenvalue weighted by atomic mass is 16.7. The summed E-state index contributed by atoms with van der Waals surface area (Å²) in [5.74, 6) is 1.75. The SMILES string of the molecule is CC(C)c1ccc(NC(=O)Oc2ccc3c(c2)[C@]2(C)CO[C@@H](C2)O3)cc1. The molecule has 1 amide bonds. The van der Waals surface area contributed by atoms with Crippen molar-refractivity contribution in [2.45, 2.75) is 44.8 Å². The first-order chi connectivity index (χ1) is 12.4. The maximum Gasteiger partial charge on any atom is 0.417 e. The molecule has 2 aliphatic heterocycles. The lowest BCUT2D eigenvalue weighted by Crippen LogP contribution is -2.29. The Morgan fingerprint density at radius 2 is 2.00 bits per heavy atom. The van der Waals surface area contributed by atoms with Crippen molar-refractivity contribution >= 4 is 11.8 Å². The van der Waals surface area contributed by atoms with Gasteiger partial charge in [-0.3, -0.25) is 5.32 Å². The molecule has 1 fully saturated rings. The van der Waals surface area contributed by atoms with Crippen LogP contribution in [0.2, 0.25) is 0 Å². The van der Waals surface area contributed by atoms with Crippen LogP contribution in [-0.2, 0) is 10.2 Å². The van der Waals surface area contributed by atoms with Gasteiger partial charge in [0.2, 0.25) is 6.29 Å². The lowest BCUT2D eigenvalue weighted by Gasteiger charge is -2.29. The molecule has 2 aromatic rings. The third kappa shape index (κ3) is 3.15. The Kier molecular flexibility index (Phi) is 4.11. The fraction of sp³-hybridized carbons (Fsp3) is 0.381. The van der Waals surface area contributed by atoms with Crippen molar-refractivity contribution in [3.05, 3.63) is 53.6 Å². The molecule has 0 saturated carbocycles. The fourth-order valence-corrected chi connectivity index (χ4v) is 3.52. The van der Waals surface area contributed by atoms with E-state index in [1.54, 1.807) is 6.07 Å². The molecule has 2 heterocycles. The Morgan fingerprint density at radius 1 is 1.23 bits per heavy atom. The lowest BCUT2D eigenvalue weighted by molar-refractivity contribution is -0.0380. The summed E-state index contributed by atoms with van der Waals surface area (Å²) in [6.45, 7) is 7.03. The second kappa shape index (κ2) is 6.32. The minimum Gasteiger partial charge on any atom is -0.465 e. The monoisotopic (exact) mass is 353 g/mol. The molecule has 136 valence electrons. The summed E-state index contributed by atoms with van der Waals surface area (Å²) in [6.07, 6.45) is 0.138. The number of amides is 1. The standard InChI is InChI=1S/C21H23NO4/c1-13(2)14-4-6-15(7-5-14)22-20(23)25-16-8-9-18-17(10-16)21(3)11-19(26-18)24-12-21/h4-10,13,19H,11-12H2,1-3H3,(H,22,23)/t19-,21+/m1/s1. The fourth-order valence-electron chi connectivity index (χ4n) is 3.52. The minimum absolute atomic E-state index is 0.0965. The molecule has 2 aliphatic rings. The number of carbonyl (C=O) groups is 1. The van der Waals surface area contributed by atoms with Gasteiger partial charge in [-0.05, 0) is 41.8 Å². The van der Waals surface area contributed by atoms with Gasteiger partial charge in [-0.1, -0.05) is 32.9 Å². The zero-order valence-electron chi connectivity index (χ0n) is 15.2. The summed E-state index contributed by atoms with van der Waals surface area (Å²) >= 11 is 0. The van der Waals surface area contributed by atoms with Crippen molar-refractivity contribution in [3.8, 4) is 11.5 Å². The topological polar surface area (TPSA) is 56.8 Å². The van der Waals surface area contributed by atoms with Crippen LogP contribution in [0, 0.1) is 0 Å². The van der Waals surface area contributed by atoms with E-state index in [1.165, 1.54) is 5.56 Å². The Labute approximate surface area is 153 Å². The van der Waals surface area contributed by atoms with Gasteiger partial charge in [0.05, 0.1) is 6.61 Å². The van der Waals surface area contributed by atoms with Gasteiger partial charge in [-0.15, -0.1) is 0 Å². The Bertz CT molecular complexity index is 830. The summed E-state index contributed by atoms with van der Waals surface area (Å²) in [7, 11) is 0. The average molecular weight is 353 g/mol. The van der Waals surface area contributed by atoms with Crippen molar-refractivity contribution in [1.29, 1.82) is 0 Å². The molecule has 0 aromatic heterocycles. The van der Waals surface area contributed by atoms with Crippen LogP contribution in [0.3, 0.4) is 0 Å². The lowest BCUT2D eigenvalue weighted by atomic mass is 9.80. The van der Waals surface area contributed by atoms with Gasteiger partial charge in [-0.25, -0.2) is 4.79 Å². The second-order valence-corrected chi connectivity index (χ2v) is 7.57. The van der Waals surface area contributed by atoms with Crippen LogP contribution in [0.5, 0.6) is 11.5 Å². The number of hydrogen-bond acceptors (Lipinski definition) is 4. The summed E-state index contributed by atoms with van der Waals surface area (Å²) in [4.78, 5) is 12.2. The van der Waals surface area contributed by atoms with Gasteiger partial charge in [-0.2, -0.15) is 0 Å². The molecule has 2 aromatic carbocycles. The van der Waals surface area contributed by atoms with Crippen LogP contribution in [0.25, 0.3) is 0 Å². The van der Waals surface area contributed by atoms with E-state index in [4.69, 9.17) is 14.2 Å². The van der Waals surface area contributed by atoms with E-state index >= 15 is 0 Å². The molecule has 5 heteroatoms. The Morgan fingerprint density at radius 3 is 2.73 bits per heavy atom. The Hall–Kier alpha value is -2.53. The summed E-state index contributed by atoms with van der Waals surface area (Å²) in [6, 6.07) is 13.2. The van der Waals surface area contributed by atoms with Crippen molar-refractivity contribution < 1.29 is 19.0 Å². The molecule has 0 spiro atoms. The first kappa shape index (κ1) is 16.9. The molecule has 4 rings (SSSR count). The van der Waals surface area contributed by atoms with Crippen LogP contribution in [0.1, 0.15) is 44.2 Å². The smallest absolute Gasteiger partial charge is 0.417 e. The van der Waals surface area contributed by atoms with Crippen molar-refractivity contribution in [2.24, 2.45) is 0 Å². The molecule has 5 nitrogen and oxygen atoms in total. The normalized spacial score (nSPS) is 23.3. The largest absolute Gasteiger partial charge is 0.465 e. The van der Waals surface area contributed by atoms with Gasteiger partial charge in [0.1, 0.15) is 11.5 Å². The van der Waals surface area contributed by atoms with Crippen LogP contribution < -0.4 is 14.8 Å². The van der Waals surface area contributed by atoms with Crippen LogP contribution >= 0.6 is 0 Å². The number of anilines is 1. The number of ether oxygens (including phenoxy) is 3. The molecule has 1 saturated heterocycles. The third-order valence-corrected chi connectivity index (χ3v) is 5.10. The van der Waals surface area contributed by atoms with Crippen LogP contribution in [0.15, 0.2) is 42.5 Å². The van der Waals surface area contributed by atoms with Crippen molar-refractivity contribution in [3.63, 3.8) is 0 Å². The number of carbonyl (C=O) groups excluding carboxylic acids is 1. The maximum absolute atomic E-state index is 12.2. The molecular formula is C21H23NO4. The summed E-state index contributed by atoms with van der Waals surface area (Å²) < 4.78 is 16.9. The molecule has 1 N–H and O–H groups in total. The van der Waals surface area contributed by atoms with Gasteiger partial charge in [0.15, 0.2) is 0 Å². The van der Waals surface area contributed by atoms with E-state index in [-0.39, 0.29) is 11.7 Å². The third-order valence-electron chi connectivity index (χ3n) is 5.10. The number of benzene rings is 2. The molecular weight excluding hydrogens is 330 g/mol. The predicted molar refractivity (Wildman–Crippen MR) is 99.0 cm³/mol. The van der Waals surface area contributed by atoms with Crippen LogP contribution in [0.4, 0.5) is 10.5 Å². The maximum atomic E-state index is 12.2. The molecule has 0 aliphatic carbocycles. The highest BCUT2D eigenvalue weighted by Gasteiger charge is 2.45. The highest BCUT2D eigenvalue weighted by molar-refractivity contribution is 5.86. The molecule has 2 atom stereocenters. The average Bonchev–Trinajstić information content (AvgIpc) is 2.92. The second-order valence-electron chi connectivity index (χ2n) is 7.57. The summed E-state index contributed by atoms with van der Waals surface area (Å²) in [5, 5.41) is 2.76. The van der Waals surface area contributed by atoms with Crippen molar-refractivity contribution in [2.75, 3.05) is 11.9 Å². The molecule has 0 unspecified atom stereocenters. The molecule has 26 heavy (non-hydrogen) atoms. The van der Waals surface area contributed by atoms with Gasteiger partial charge in [0, 0.05) is 23.1 Å². The van der Waals surface area contributed by atoms with E-state index < -0.39 is 6.09 Å². The predicted octanol–water partition coefficient (Wildman–Crippen LogP) is 4.82. The quantitative estimate of drug-likeness (QED) is 0.860. The summed E-state index contributed by atoms with van der Waals surface area (Å²) in [5.41, 5.74) is 2.86. The van der Waals surface area contributed by atoms with Gasteiger partial charge < -0.3 is 14.2 Å².